The van der Waals surface area contributed by atoms with E-state index in [1.54, 1.807) is 32.5 Å². The summed E-state index contributed by atoms with van der Waals surface area (Å²) in [6.45, 7) is 4.29. The third-order valence-corrected chi connectivity index (χ3v) is 7.19. The van der Waals surface area contributed by atoms with Crippen LogP contribution in [0, 0.1) is 0 Å². The minimum absolute atomic E-state index is 0.194. The van der Waals surface area contributed by atoms with Gasteiger partial charge in [0.1, 0.15) is 35.7 Å². The van der Waals surface area contributed by atoms with E-state index < -0.39 is 11.9 Å². The highest BCUT2D eigenvalue weighted by atomic mass is 19.4. The number of ether oxygens (including phenoxy) is 2. The Morgan fingerprint density at radius 1 is 1.00 bits per heavy atom. The maximum Gasteiger partial charge on any atom is 0.434 e. The maximum atomic E-state index is 13.4. The molecule has 0 aliphatic heterocycles. The molecule has 0 saturated heterocycles. The molecule has 6 rings (SSSR count). The van der Waals surface area contributed by atoms with Crippen molar-refractivity contribution in [2.75, 3.05) is 14.2 Å². The molecule has 0 N–H and O–H groups in total. The molecule has 1 aliphatic rings. The van der Waals surface area contributed by atoms with Crippen molar-refractivity contribution in [3.8, 4) is 28.7 Å². The lowest BCUT2D eigenvalue weighted by Gasteiger charge is -2.13. The Labute approximate surface area is 239 Å². The van der Waals surface area contributed by atoms with Gasteiger partial charge in [0, 0.05) is 30.8 Å². The van der Waals surface area contributed by atoms with Gasteiger partial charge in [-0.05, 0) is 32.3 Å². The molecule has 0 bridgehead atoms. The van der Waals surface area contributed by atoms with Crippen molar-refractivity contribution in [2.24, 2.45) is 0 Å². The summed E-state index contributed by atoms with van der Waals surface area (Å²) in [5.74, 6) is 2.11. The van der Waals surface area contributed by atoms with Gasteiger partial charge in [-0.1, -0.05) is 24.3 Å². The van der Waals surface area contributed by atoms with Gasteiger partial charge in [0.2, 0.25) is 5.88 Å². The second-order valence-corrected chi connectivity index (χ2v) is 10.5. The number of halogens is 3. The Balaban J connectivity index is 1.38. The summed E-state index contributed by atoms with van der Waals surface area (Å²) >= 11 is 0. The molecule has 4 aromatic heterocycles. The van der Waals surface area contributed by atoms with Crippen LogP contribution in [-0.2, 0) is 24.1 Å². The van der Waals surface area contributed by atoms with Crippen LogP contribution in [0.1, 0.15) is 61.4 Å². The highest BCUT2D eigenvalue weighted by molar-refractivity contribution is 5.76. The van der Waals surface area contributed by atoms with E-state index >= 15 is 0 Å². The molecule has 0 radical (unpaired) electrons. The average molecular weight is 579 g/mol. The summed E-state index contributed by atoms with van der Waals surface area (Å²) in [5, 5.41) is 0. The van der Waals surface area contributed by atoms with Crippen LogP contribution in [0.15, 0.2) is 43.0 Å². The fourth-order valence-electron chi connectivity index (χ4n) is 4.98. The average Bonchev–Trinajstić information content (AvgIpc) is 3.62. The van der Waals surface area contributed by atoms with Gasteiger partial charge in [-0.2, -0.15) is 13.2 Å². The quantitative estimate of drug-likeness (QED) is 0.215. The fourth-order valence-corrected chi connectivity index (χ4v) is 4.98. The Kier molecular flexibility index (Phi) is 7.13. The second-order valence-electron chi connectivity index (χ2n) is 10.5. The molecule has 218 valence electrons. The lowest BCUT2D eigenvalue weighted by molar-refractivity contribution is -0.140. The first kappa shape index (κ1) is 27.8. The van der Waals surface area contributed by atoms with Crippen LogP contribution in [0.4, 0.5) is 13.2 Å². The van der Waals surface area contributed by atoms with Crippen LogP contribution in [0.5, 0.6) is 5.88 Å². The van der Waals surface area contributed by atoms with E-state index in [9.17, 15) is 13.2 Å². The Hall–Kier alpha value is -4.39. The number of hydrogen-bond donors (Lipinski definition) is 0. The smallest absolute Gasteiger partial charge is 0.434 e. The van der Waals surface area contributed by atoms with E-state index in [0.717, 1.165) is 30.3 Å². The summed E-state index contributed by atoms with van der Waals surface area (Å²) < 4.78 is 54.6. The van der Waals surface area contributed by atoms with Crippen molar-refractivity contribution < 1.29 is 22.6 Å². The highest BCUT2D eigenvalue weighted by Gasteiger charge is 2.35. The minimum Gasteiger partial charge on any atom is -0.480 e. The second kappa shape index (κ2) is 10.8. The third-order valence-electron chi connectivity index (χ3n) is 7.19. The summed E-state index contributed by atoms with van der Waals surface area (Å²) in [7, 11) is 3.15. The predicted octanol–water partition coefficient (Wildman–Crippen LogP) is 5.83. The van der Waals surface area contributed by atoms with Crippen LogP contribution >= 0.6 is 0 Å². The number of fused-ring (bicyclic) bond motifs is 1. The van der Waals surface area contributed by atoms with Gasteiger partial charge in [0.05, 0.1) is 25.5 Å². The molecule has 1 aliphatic carbocycles. The molecule has 0 spiro atoms. The number of benzene rings is 1. The summed E-state index contributed by atoms with van der Waals surface area (Å²) in [4.78, 5) is 26.9. The van der Waals surface area contributed by atoms with Gasteiger partial charge in [0.15, 0.2) is 17.2 Å². The molecule has 5 aromatic rings. The van der Waals surface area contributed by atoms with Gasteiger partial charge in [-0.3, -0.25) is 0 Å². The van der Waals surface area contributed by atoms with Crippen LogP contribution in [-0.4, -0.2) is 53.3 Å². The molecular formula is C29H29F3N8O2. The fraction of sp³-hybridized carbons (Fsp3) is 0.379. The molecule has 1 aromatic carbocycles. The molecule has 4 heterocycles. The van der Waals surface area contributed by atoms with Crippen molar-refractivity contribution in [3.05, 3.63) is 65.8 Å². The van der Waals surface area contributed by atoms with E-state index in [1.807, 2.05) is 30.5 Å². The minimum atomic E-state index is -4.52. The first-order valence-electron chi connectivity index (χ1n) is 13.5. The van der Waals surface area contributed by atoms with E-state index in [2.05, 4.69) is 19.9 Å². The Morgan fingerprint density at radius 2 is 1.76 bits per heavy atom. The van der Waals surface area contributed by atoms with Crippen molar-refractivity contribution in [2.45, 2.75) is 58.0 Å². The van der Waals surface area contributed by atoms with Crippen molar-refractivity contribution >= 4 is 11.2 Å². The third kappa shape index (κ3) is 5.20. The van der Waals surface area contributed by atoms with Crippen LogP contribution in [0.2, 0.25) is 0 Å². The number of hydrogen-bond acceptors (Lipinski definition) is 8. The number of methoxy groups -OCH3 is 2. The molecule has 13 heteroatoms. The molecule has 1 fully saturated rings. The van der Waals surface area contributed by atoms with E-state index in [4.69, 9.17) is 19.4 Å². The molecule has 0 amide bonds. The first-order chi connectivity index (χ1) is 20.2. The predicted molar refractivity (Wildman–Crippen MR) is 148 cm³/mol. The van der Waals surface area contributed by atoms with Crippen LogP contribution < -0.4 is 4.74 Å². The SMILES string of the molecule is COCc1nc2cnc(-c3c(OC)ncnc3C3CC3)nc2n1Cc1ccc(-c2nc(C(F)(F)F)cn2C(C)C)cc1. The molecule has 0 unspecified atom stereocenters. The van der Waals surface area contributed by atoms with Crippen molar-refractivity contribution in [1.29, 1.82) is 0 Å². The largest absolute Gasteiger partial charge is 0.480 e. The van der Waals surface area contributed by atoms with E-state index in [1.165, 1.54) is 10.9 Å². The maximum absolute atomic E-state index is 13.4. The number of aromatic nitrogens is 8. The lowest BCUT2D eigenvalue weighted by Crippen LogP contribution is -2.08. The zero-order valence-electron chi connectivity index (χ0n) is 23.6. The zero-order valence-corrected chi connectivity index (χ0v) is 23.6. The lowest BCUT2D eigenvalue weighted by atomic mass is 10.1. The Bertz CT molecular complexity index is 1740. The van der Waals surface area contributed by atoms with Gasteiger partial charge in [-0.15, -0.1) is 0 Å². The Morgan fingerprint density at radius 3 is 2.40 bits per heavy atom. The molecule has 0 atom stereocenters. The number of rotatable bonds is 9. The van der Waals surface area contributed by atoms with Gasteiger partial charge < -0.3 is 18.6 Å². The molecule has 1 saturated carbocycles. The molecular weight excluding hydrogens is 549 g/mol. The monoisotopic (exact) mass is 578 g/mol. The molecule has 42 heavy (non-hydrogen) atoms. The van der Waals surface area contributed by atoms with E-state index in [0.29, 0.717) is 52.3 Å². The van der Waals surface area contributed by atoms with Gasteiger partial charge in [-0.25, -0.2) is 29.9 Å². The van der Waals surface area contributed by atoms with Crippen molar-refractivity contribution in [1.82, 2.24) is 39.0 Å². The topological polar surface area (TPSA) is 106 Å². The van der Waals surface area contributed by atoms with Crippen LogP contribution in [0.3, 0.4) is 0 Å². The standard InChI is InChI=1S/C29H29F3N8O2/c1-16(2)39-13-21(29(30,31)32)37-26(39)19-7-5-17(6-8-19)12-40-22(14-41-3)36-20-11-33-25(38-27(20)40)23-24(18-9-10-18)34-15-35-28(23)42-4/h5-8,11,13,15-16,18H,9-10,12,14H2,1-4H3. The van der Waals surface area contributed by atoms with Crippen LogP contribution in [0.25, 0.3) is 33.9 Å². The van der Waals surface area contributed by atoms with Gasteiger partial charge in [0.25, 0.3) is 0 Å². The van der Waals surface area contributed by atoms with E-state index in [-0.39, 0.29) is 18.5 Å². The zero-order chi connectivity index (χ0) is 29.6. The highest BCUT2D eigenvalue weighted by Crippen LogP contribution is 2.45. The summed E-state index contributed by atoms with van der Waals surface area (Å²) in [6, 6.07) is 7.10. The summed E-state index contributed by atoms with van der Waals surface area (Å²) in [6.07, 6.45) is 1.78. The molecule has 10 nitrogen and oxygen atoms in total. The summed E-state index contributed by atoms with van der Waals surface area (Å²) in [5.41, 5.74) is 3.32. The first-order valence-corrected chi connectivity index (χ1v) is 13.5. The van der Waals surface area contributed by atoms with Gasteiger partial charge >= 0.3 is 6.18 Å². The number of nitrogens with zero attached hydrogens (tertiary/aromatic N) is 8. The normalized spacial score (nSPS) is 13.8. The number of imidazole rings is 2. The van der Waals surface area contributed by atoms with Crippen molar-refractivity contribution in [3.63, 3.8) is 0 Å². The number of alkyl halides is 3.